The van der Waals surface area contributed by atoms with Crippen LogP contribution >= 0.6 is 0 Å². The quantitative estimate of drug-likeness (QED) is 0.740. The number of methoxy groups -OCH3 is 1. The van der Waals surface area contributed by atoms with Crippen molar-refractivity contribution in [1.82, 2.24) is 15.0 Å². The van der Waals surface area contributed by atoms with Crippen LogP contribution in [-0.4, -0.2) is 28.0 Å². The number of aromatic nitrogens is 3. The van der Waals surface area contributed by atoms with Crippen LogP contribution < -0.4 is 10.1 Å². The van der Waals surface area contributed by atoms with Crippen LogP contribution in [0.25, 0.3) is 11.0 Å². The summed E-state index contributed by atoms with van der Waals surface area (Å²) in [4.78, 5) is 25.3. The molecule has 0 radical (unpaired) electrons. The highest BCUT2D eigenvalue weighted by Crippen LogP contribution is 2.65. The molecule has 6 nitrogen and oxygen atoms in total. The molecule has 27 heavy (non-hydrogen) atoms. The highest BCUT2D eigenvalue weighted by Gasteiger charge is 2.61. The fourth-order valence-corrected chi connectivity index (χ4v) is 4.80. The second kappa shape index (κ2) is 5.81. The number of aromatic amines is 1. The largest absolute Gasteiger partial charge is 0.497 e. The van der Waals surface area contributed by atoms with Gasteiger partial charge in [-0.25, -0.2) is 4.98 Å². The molecule has 3 aromatic rings. The zero-order valence-corrected chi connectivity index (χ0v) is 15.3. The Balaban J connectivity index is 1.44. The SMILES string of the molecule is COc1ccc2nc(NC(=O)C3(c4cccnc4)CC4(CCC4)C3)[nH]c2c1. The van der Waals surface area contributed by atoms with Crippen molar-refractivity contribution in [2.45, 2.75) is 37.5 Å². The maximum absolute atomic E-state index is 13.3. The van der Waals surface area contributed by atoms with E-state index in [0.717, 1.165) is 35.2 Å². The van der Waals surface area contributed by atoms with Crippen LogP contribution in [0.15, 0.2) is 42.7 Å². The second-order valence-corrected chi connectivity index (χ2v) is 7.95. The van der Waals surface area contributed by atoms with Crippen LogP contribution in [0.3, 0.4) is 0 Å². The van der Waals surface area contributed by atoms with Crippen molar-refractivity contribution < 1.29 is 9.53 Å². The lowest BCUT2D eigenvalue weighted by Gasteiger charge is -2.60. The van der Waals surface area contributed by atoms with Crippen molar-refractivity contribution in [3.63, 3.8) is 0 Å². The smallest absolute Gasteiger partial charge is 0.237 e. The molecule has 138 valence electrons. The van der Waals surface area contributed by atoms with Crippen LogP contribution in [0.4, 0.5) is 5.95 Å². The third kappa shape index (κ3) is 2.51. The zero-order chi connectivity index (χ0) is 18.5. The number of hydrogen-bond donors (Lipinski definition) is 2. The molecular formula is C21H22N4O2. The van der Waals surface area contributed by atoms with E-state index >= 15 is 0 Å². The van der Waals surface area contributed by atoms with Crippen molar-refractivity contribution >= 4 is 22.9 Å². The van der Waals surface area contributed by atoms with Gasteiger partial charge in [-0.2, -0.15) is 0 Å². The lowest BCUT2D eigenvalue weighted by atomic mass is 9.43. The Bertz CT molecular complexity index is 999. The van der Waals surface area contributed by atoms with Crippen molar-refractivity contribution in [2.24, 2.45) is 5.41 Å². The number of nitrogens with one attached hydrogen (secondary N) is 2. The second-order valence-electron chi connectivity index (χ2n) is 7.95. The molecular weight excluding hydrogens is 340 g/mol. The number of fused-ring (bicyclic) bond motifs is 1. The fourth-order valence-electron chi connectivity index (χ4n) is 4.80. The van der Waals surface area contributed by atoms with E-state index in [1.54, 1.807) is 13.3 Å². The van der Waals surface area contributed by atoms with Gasteiger partial charge < -0.3 is 9.72 Å². The lowest BCUT2D eigenvalue weighted by molar-refractivity contribution is -0.136. The molecule has 0 aliphatic heterocycles. The summed E-state index contributed by atoms with van der Waals surface area (Å²) in [6.07, 6.45) is 9.10. The third-order valence-electron chi connectivity index (χ3n) is 6.34. The Morgan fingerprint density at radius 2 is 2.11 bits per heavy atom. The Hall–Kier alpha value is -2.89. The average Bonchev–Trinajstić information content (AvgIpc) is 3.02. The Morgan fingerprint density at radius 3 is 2.78 bits per heavy atom. The molecule has 2 aliphatic rings. The van der Waals surface area contributed by atoms with Gasteiger partial charge >= 0.3 is 0 Å². The average molecular weight is 362 g/mol. The molecule has 1 amide bonds. The molecule has 0 atom stereocenters. The van der Waals surface area contributed by atoms with Gasteiger partial charge in [0.2, 0.25) is 11.9 Å². The van der Waals surface area contributed by atoms with Gasteiger partial charge in [-0.15, -0.1) is 0 Å². The van der Waals surface area contributed by atoms with Gasteiger partial charge in [0.1, 0.15) is 5.75 Å². The van der Waals surface area contributed by atoms with Gasteiger partial charge in [-0.1, -0.05) is 12.5 Å². The van der Waals surface area contributed by atoms with E-state index in [2.05, 4.69) is 20.3 Å². The summed E-state index contributed by atoms with van der Waals surface area (Å²) in [5, 5.41) is 3.02. The summed E-state index contributed by atoms with van der Waals surface area (Å²) in [7, 11) is 1.63. The van der Waals surface area contributed by atoms with E-state index < -0.39 is 5.41 Å². The number of anilines is 1. The van der Waals surface area contributed by atoms with E-state index in [9.17, 15) is 4.79 Å². The van der Waals surface area contributed by atoms with E-state index in [1.165, 1.54) is 19.3 Å². The molecule has 2 N–H and O–H groups in total. The summed E-state index contributed by atoms with van der Waals surface area (Å²) in [6, 6.07) is 9.54. The molecule has 0 bridgehead atoms. The van der Waals surface area contributed by atoms with Crippen LogP contribution in [0.5, 0.6) is 5.75 Å². The Kier molecular flexibility index (Phi) is 3.50. The Labute approximate surface area is 157 Å². The number of ether oxygens (including phenoxy) is 1. The van der Waals surface area contributed by atoms with Crippen molar-refractivity contribution in [3.8, 4) is 5.75 Å². The van der Waals surface area contributed by atoms with Crippen LogP contribution in [0.1, 0.15) is 37.7 Å². The van der Waals surface area contributed by atoms with E-state index in [-0.39, 0.29) is 5.91 Å². The number of rotatable bonds is 4. The molecule has 5 rings (SSSR count). The minimum atomic E-state index is -0.509. The van der Waals surface area contributed by atoms with E-state index in [4.69, 9.17) is 4.74 Å². The predicted octanol–water partition coefficient (Wildman–Crippen LogP) is 3.81. The maximum Gasteiger partial charge on any atom is 0.237 e. The minimum Gasteiger partial charge on any atom is -0.497 e. The lowest BCUT2D eigenvalue weighted by Crippen LogP contribution is -2.58. The van der Waals surface area contributed by atoms with Gasteiger partial charge in [0.05, 0.1) is 23.6 Å². The first-order chi connectivity index (χ1) is 13.1. The maximum atomic E-state index is 13.3. The van der Waals surface area contributed by atoms with Crippen LogP contribution in [0.2, 0.25) is 0 Å². The van der Waals surface area contributed by atoms with E-state index in [1.807, 2.05) is 36.5 Å². The summed E-state index contributed by atoms with van der Waals surface area (Å²) in [5.74, 6) is 1.22. The number of imidazole rings is 1. The normalized spacial score (nSPS) is 19.3. The van der Waals surface area contributed by atoms with Gasteiger partial charge in [0, 0.05) is 18.5 Å². The van der Waals surface area contributed by atoms with Gasteiger partial charge in [-0.05, 0) is 54.9 Å². The number of amides is 1. The summed E-state index contributed by atoms with van der Waals surface area (Å²) >= 11 is 0. The van der Waals surface area contributed by atoms with E-state index in [0.29, 0.717) is 11.4 Å². The first-order valence-corrected chi connectivity index (χ1v) is 9.38. The fraction of sp³-hybridized carbons (Fsp3) is 0.381. The number of benzene rings is 1. The first-order valence-electron chi connectivity index (χ1n) is 9.38. The topological polar surface area (TPSA) is 79.9 Å². The standard InChI is InChI=1S/C21H22N4O2/c1-27-15-5-6-16-17(10-15)24-19(23-16)25-18(26)21(14-4-2-9-22-11-14)12-20(13-21)7-3-8-20/h2,4-6,9-11H,3,7-8,12-13H2,1H3,(H2,23,24,25,26). The highest BCUT2D eigenvalue weighted by molar-refractivity contribution is 6.00. The van der Waals surface area contributed by atoms with Crippen LogP contribution in [0, 0.1) is 5.41 Å². The number of carbonyl (C=O) groups is 1. The predicted molar refractivity (Wildman–Crippen MR) is 103 cm³/mol. The van der Waals surface area contributed by atoms with Gasteiger partial charge in [-0.3, -0.25) is 15.1 Å². The minimum absolute atomic E-state index is 0.000883. The summed E-state index contributed by atoms with van der Waals surface area (Å²) in [5.41, 5.74) is 2.48. The van der Waals surface area contributed by atoms with Gasteiger partial charge in [0.15, 0.2) is 0 Å². The zero-order valence-electron chi connectivity index (χ0n) is 15.3. The monoisotopic (exact) mass is 362 g/mol. The summed E-state index contributed by atoms with van der Waals surface area (Å²) in [6.45, 7) is 0. The number of pyridine rings is 1. The molecule has 2 fully saturated rings. The number of hydrogen-bond acceptors (Lipinski definition) is 4. The summed E-state index contributed by atoms with van der Waals surface area (Å²) < 4.78 is 5.25. The van der Waals surface area contributed by atoms with Crippen molar-refractivity contribution in [1.29, 1.82) is 0 Å². The van der Waals surface area contributed by atoms with Crippen molar-refractivity contribution in [3.05, 3.63) is 48.3 Å². The molecule has 6 heteroatoms. The number of nitrogens with zero attached hydrogens (tertiary/aromatic N) is 2. The van der Waals surface area contributed by atoms with Crippen LogP contribution in [-0.2, 0) is 10.2 Å². The molecule has 2 aliphatic carbocycles. The molecule has 0 saturated heterocycles. The molecule has 2 heterocycles. The van der Waals surface area contributed by atoms with Crippen molar-refractivity contribution in [2.75, 3.05) is 12.4 Å². The molecule has 1 spiro atoms. The molecule has 1 aromatic carbocycles. The molecule has 2 saturated carbocycles. The highest BCUT2D eigenvalue weighted by atomic mass is 16.5. The molecule has 0 unspecified atom stereocenters. The third-order valence-corrected chi connectivity index (χ3v) is 6.34. The molecule has 2 aromatic heterocycles. The Morgan fingerprint density at radius 1 is 1.26 bits per heavy atom. The first kappa shape index (κ1) is 16.3. The number of H-pyrrole nitrogens is 1. The number of carbonyl (C=O) groups excluding carboxylic acids is 1. The van der Waals surface area contributed by atoms with Gasteiger partial charge in [0.25, 0.3) is 0 Å².